The van der Waals surface area contributed by atoms with Crippen LogP contribution in [0.4, 0.5) is 5.69 Å². The summed E-state index contributed by atoms with van der Waals surface area (Å²) >= 11 is 1.64. The molecule has 1 N–H and O–H groups in total. The molecule has 122 valence electrons. The SMILES string of the molecule is CCN(Cc1ccccc1NC(=O)CCc1ccsc1)C(C)=O. The molecule has 0 saturated heterocycles. The maximum absolute atomic E-state index is 12.2. The number of benzene rings is 1. The first kappa shape index (κ1) is 17.2. The number of anilines is 1. The first-order chi connectivity index (χ1) is 11.1. The van der Waals surface area contributed by atoms with Gasteiger partial charge in [-0.25, -0.2) is 0 Å². The molecule has 0 bridgehead atoms. The van der Waals surface area contributed by atoms with Gasteiger partial charge in [-0.1, -0.05) is 18.2 Å². The first-order valence-electron chi connectivity index (χ1n) is 7.74. The molecule has 2 rings (SSSR count). The summed E-state index contributed by atoms with van der Waals surface area (Å²) < 4.78 is 0. The van der Waals surface area contributed by atoms with Crippen molar-refractivity contribution >= 4 is 28.8 Å². The summed E-state index contributed by atoms with van der Waals surface area (Å²) in [6.07, 6.45) is 1.20. The summed E-state index contributed by atoms with van der Waals surface area (Å²) in [6, 6.07) is 9.68. The zero-order valence-corrected chi connectivity index (χ0v) is 14.4. The van der Waals surface area contributed by atoms with E-state index in [0.717, 1.165) is 17.7 Å². The number of para-hydroxylation sites is 1. The van der Waals surface area contributed by atoms with Crippen molar-refractivity contribution in [1.82, 2.24) is 4.90 Å². The van der Waals surface area contributed by atoms with Crippen LogP contribution in [-0.2, 0) is 22.6 Å². The van der Waals surface area contributed by atoms with E-state index < -0.39 is 0 Å². The third-order valence-corrected chi connectivity index (χ3v) is 4.43. The molecule has 2 aromatic rings. The molecule has 0 aliphatic heterocycles. The van der Waals surface area contributed by atoms with Crippen molar-refractivity contribution in [2.75, 3.05) is 11.9 Å². The lowest BCUT2D eigenvalue weighted by Crippen LogP contribution is -2.28. The highest BCUT2D eigenvalue weighted by Gasteiger charge is 2.11. The smallest absolute Gasteiger partial charge is 0.224 e. The van der Waals surface area contributed by atoms with Crippen molar-refractivity contribution < 1.29 is 9.59 Å². The number of hydrogen-bond donors (Lipinski definition) is 1. The number of thiophene rings is 1. The minimum Gasteiger partial charge on any atom is -0.339 e. The number of rotatable bonds is 7. The average Bonchev–Trinajstić information content (AvgIpc) is 3.05. The van der Waals surface area contributed by atoms with Gasteiger partial charge in [-0.05, 0) is 47.4 Å². The molecule has 0 aliphatic carbocycles. The Balaban J connectivity index is 1.99. The maximum atomic E-state index is 12.2. The summed E-state index contributed by atoms with van der Waals surface area (Å²) in [4.78, 5) is 25.5. The van der Waals surface area contributed by atoms with Crippen LogP contribution < -0.4 is 5.32 Å². The summed E-state index contributed by atoms with van der Waals surface area (Å²) in [7, 11) is 0. The summed E-state index contributed by atoms with van der Waals surface area (Å²) in [6.45, 7) is 4.66. The van der Waals surface area contributed by atoms with Crippen molar-refractivity contribution in [3.05, 3.63) is 52.2 Å². The van der Waals surface area contributed by atoms with Gasteiger partial charge in [0.25, 0.3) is 0 Å². The molecule has 1 aromatic heterocycles. The van der Waals surface area contributed by atoms with Gasteiger partial charge in [-0.2, -0.15) is 11.3 Å². The van der Waals surface area contributed by atoms with Gasteiger partial charge in [0.05, 0.1) is 0 Å². The van der Waals surface area contributed by atoms with Crippen LogP contribution in [-0.4, -0.2) is 23.3 Å². The lowest BCUT2D eigenvalue weighted by atomic mass is 10.1. The number of carbonyl (C=O) groups is 2. The molecule has 0 fully saturated rings. The van der Waals surface area contributed by atoms with Crippen LogP contribution in [0.25, 0.3) is 0 Å². The topological polar surface area (TPSA) is 49.4 Å². The lowest BCUT2D eigenvalue weighted by molar-refractivity contribution is -0.129. The molecule has 0 aliphatic rings. The zero-order chi connectivity index (χ0) is 16.7. The van der Waals surface area contributed by atoms with Gasteiger partial charge in [0, 0.05) is 32.1 Å². The second-order valence-electron chi connectivity index (χ2n) is 5.37. The van der Waals surface area contributed by atoms with E-state index in [9.17, 15) is 9.59 Å². The number of carbonyl (C=O) groups excluding carboxylic acids is 2. The number of nitrogens with one attached hydrogen (secondary N) is 1. The molecule has 1 aromatic carbocycles. The Hall–Kier alpha value is -2.14. The molecular formula is C18H22N2O2S. The van der Waals surface area contributed by atoms with Crippen LogP contribution in [0.15, 0.2) is 41.1 Å². The molecule has 23 heavy (non-hydrogen) atoms. The molecule has 5 heteroatoms. The number of nitrogens with zero attached hydrogens (tertiary/aromatic N) is 1. The largest absolute Gasteiger partial charge is 0.339 e. The molecule has 1 heterocycles. The quantitative estimate of drug-likeness (QED) is 0.842. The van der Waals surface area contributed by atoms with Crippen molar-refractivity contribution in [2.24, 2.45) is 0 Å². The second-order valence-corrected chi connectivity index (χ2v) is 6.15. The first-order valence-corrected chi connectivity index (χ1v) is 8.68. The normalized spacial score (nSPS) is 10.3. The molecule has 4 nitrogen and oxygen atoms in total. The Morgan fingerprint density at radius 1 is 1.22 bits per heavy atom. The maximum Gasteiger partial charge on any atom is 0.224 e. The van der Waals surface area contributed by atoms with Crippen LogP contribution in [0, 0.1) is 0 Å². The van der Waals surface area contributed by atoms with E-state index in [0.29, 0.717) is 19.5 Å². The van der Waals surface area contributed by atoms with Crippen molar-refractivity contribution in [2.45, 2.75) is 33.2 Å². The minimum absolute atomic E-state index is 0.00507. The van der Waals surface area contributed by atoms with Crippen molar-refractivity contribution in [1.29, 1.82) is 0 Å². The highest BCUT2D eigenvalue weighted by atomic mass is 32.1. The predicted octanol–water partition coefficient (Wildman–Crippen LogP) is 3.69. The van der Waals surface area contributed by atoms with E-state index in [1.54, 1.807) is 23.2 Å². The summed E-state index contributed by atoms with van der Waals surface area (Å²) in [5.74, 6) is 0.0283. The molecule has 0 atom stereocenters. The summed E-state index contributed by atoms with van der Waals surface area (Å²) in [5.41, 5.74) is 2.92. The predicted molar refractivity (Wildman–Crippen MR) is 94.5 cm³/mol. The van der Waals surface area contributed by atoms with Gasteiger partial charge < -0.3 is 10.2 Å². The molecule has 0 spiro atoms. The van der Waals surface area contributed by atoms with Crippen LogP contribution in [0.2, 0.25) is 0 Å². The third kappa shape index (κ3) is 5.21. The minimum atomic E-state index is -0.00507. The Bertz CT molecular complexity index is 653. The van der Waals surface area contributed by atoms with Gasteiger partial charge >= 0.3 is 0 Å². The van der Waals surface area contributed by atoms with Gasteiger partial charge in [-0.15, -0.1) is 0 Å². The Morgan fingerprint density at radius 2 is 2.00 bits per heavy atom. The summed E-state index contributed by atoms with van der Waals surface area (Å²) in [5, 5.41) is 7.05. The van der Waals surface area contributed by atoms with Gasteiger partial charge in [0.15, 0.2) is 0 Å². The lowest BCUT2D eigenvalue weighted by Gasteiger charge is -2.21. The second kappa shape index (κ2) is 8.48. The van der Waals surface area contributed by atoms with Crippen LogP contribution in [0.5, 0.6) is 0 Å². The molecule has 0 radical (unpaired) electrons. The van der Waals surface area contributed by atoms with E-state index in [-0.39, 0.29) is 11.8 Å². The fourth-order valence-corrected chi connectivity index (χ4v) is 3.04. The van der Waals surface area contributed by atoms with Gasteiger partial charge in [0.1, 0.15) is 0 Å². The van der Waals surface area contributed by atoms with E-state index in [1.807, 2.05) is 42.6 Å². The molecule has 0 saturated carbocycles. The monoisotopic (exact) mass is 330 g/mol. The Labute approximate surface area is 141 Å². The number of amides is 2. The molecule has 0 unspecified atom stereocenters. The van der Waals surface area contributed by atoms with Crippen LogP contribution in [0.1, 0.15) is 31.4 Å². The van der Waals surface area contributed by atoms with Crippen molar-refractivity contribution in [3.63, 3.8) is 0 Å². The van der Waals surface area contributed by atoms with Gasteiger partial charge in [-0.3, -0.25) is 9.59 Å². The number of hydrogen-bond acceptors (Lipinski definition) is 3. The standard InChI is InChI=1S/C18H22N2O2S/c1-3-20(14(2)21)12-16-6-4-5-7-17(16)19-18(22)9-8-15-10-11-23-13-15/h4-7,10-11,13H,3,8-9,12H2,1-2H3,(H,19,22). The average molecular weight is 330 g/mol. The van der Waals surface area contributed by atoms with E-state index in [2.05, 4.69) is 10.7 Å². The van der Waals surface area contributed by atoms with Crippen LogP contribution >= 0.6 is 11.3 Å². The van der Waals surface area contributed by atoms with E-state index >= 15 is 0 Å². The molecular weight excluding hydrogens is 308 g/mol. The third-order valence-electron chi connectivity index (χ3n) is 3.70. The van der Waals surface area contributed by atoms with E-state index in [1.165, 1.54) is 5.56 Å². The Kier molecular flexibility index (Phi) is 6.35. The highest BCUT2D eigenvalue weighted by molar-refractivity contribution is 7.07. The van der Waals surface area contributed by atoms with Crippen molar-refractivity contribution in [3.8, 4) is 0 Å². The highest BCUT2D eigenvalue weighted by Crippen LogP contribution is 2.18. The Morgan fingerprint density at radius 3 is 2.65 bits per heavy atom. The fourth-order valence-electron chi connectivity index (χ4n) is 2.34. The zero-order valence-electron chi connectivity index (χ0n) is 13.5. The number of aryl methyl sites for hydroxylation is 1. The van der Waals surface area contributed by atoms with E-state index in [4.69, 9.17) is 0 Å². The van der Waals surface area contributed by atoms with Gasteiger partial charge in [0.2, 0.25) is 11.8 Å². The van der Waals surface area contributed by atoms with Crippen LogP contribution in [0.3, 0.4) is 0 Å². The fraction of sp³-hybridized carbons (Fsp3) is 0.333. The molecule has 2 amide bonds.